The minimum Gasteiger partial charge on any atom is -0.379 e. The second-order valence-electron chi connectivity index (χ2n) is 7.46. The van der Waals surface area contributed by atoms with Crippen molar-refractivity contribution < 1.29 is 22.7 Å². The molecule has 2 heterocycles. The molecule has 0 aromatic heterocycles. The molecule has 2 fully saturated rings. The van der Waals surface area contributed by atoms with Crippen molar-refractivity contribution in [1.82, 2.24) is 14.5 Å². The normalized spacial score (nSPS) is 19.1. The molecular weight excluding hydrogens is 406 g/mol. The first-order chi connectivity index (χ1) is 14.5. The summed E-state index contributed by atoms with van der Waals surface area (Å²) in [5, 5.41) is 2.74. The summed E-state index contributed by atoms with van der Waals surface area (Å²) in [6.45, 7) is 2.66. The molecule has 0 spiro atoms. The van der Waals surface area contributed by atoms with Gasteiger partial charge in [-0.25, -0.2) is 8.42 Å². The van der Waals surface area contributed by atoms with Gasteiger partial charge in [0.1, 0.15) is 0 Å². The number of morpholine rings is 1. The molecular formula is C21H29N3O5S. The molecule has 1 aromatic carbocycles. The van der Waals surface area contributed by atoms with E-state index < -0.39 is 10.0 Å². The number of benzene rings is 1. The molecule has 0 unspecified atom stereocenters. The van der Waals surface area contributed by atoms with Gasteiger partial charge in [-0.2, -0.15) is 4.31 Å². The van der Waals surface area contributed by atoms with Crippen molar-refractivity contribution in [2.75, 3.05) is 51.7 Å². The van der Waals surface area contributed by atoms with Crippen LogP contribution in [0, 0.1) is 5.92 Å². The molecule has 1 aromatic rings. The lowest BCUT2D eigenvalue weighted by Crippen LogP contribution is -2.45. The summed E-state index contributed by atoms with van der Waals surface area (Å²) in [6, 6.07) is 9.62. The van der Waals surface area contributed by atoms with Crippen molar-refractivity contribution >= 4 is 27.9 Å². The zero-order valence-corrected chi connectivity index (χ0v) is 17.9. The summed E-state index contributed by atoms with van der Waals surface area (Å²) in [6.07, 6.45) is 4.50. The summed E-state index contributed by atoms with van der Waals surface area (Å²) in [7, 11) is -3.38. The van der Waals surface area contributed by atoms with Gasteiger partial charge in [-0.1, -0.05) is 30.3 Å². The van der Waals surface area contributed by atoms with Gasteiger partial charge in [-0.15, -0.1) is 0 Å². The first-order valence-corrected chi connectivity index (χ1v) is 11.9. The van der Waals surface area contributed by atoms with Crippen LogP contribution in [0.2, 0.25) is 0 Å². The monoisotopic (exact) mass is 435 g/mol. The van der Waals surface area contributed by atoms with Gasteiger partial charge < -0.3 is 15.0 Å². The lowest BCUT2D eigenvalue weighted by atomic mass is 9.96. The summed E-state index contributed by atoms with van der Waals surface area (Å²) in [5.41, 5.74) is 0.965. The molecule has 164 valence electrons. The average Bonchev–Trinajstić information content (AvgIpc) is 2.78. The number of hydrogen-bond donors (Lipinski definition) is 1. The molecule has 2 amide bonds. The molecule has 30 heavy (non-hydrogen) atoms. The summed E-state index contributed by atoms with van der Waals surface area (Å²) < 4.78 is 31.2. The van der Waals surface area contributed by atoms with Crippen molar-refractivity contribution in [1.29, 1.82) is 0 Å². The van der Waals surface area contributed by atoms with Crippen LogP contribution in [0.5, 0.6) is 0 Å². The molecule has 0 saturated carbocycles. The number of likely N-dealkylation sites (tertiary alicyclic amines) is 1. The number of piperidine rings is 1. The topological polar surface area (TPSA) is 96.0 Å². The highest BCUT2D eigenvalue weighted by molar-refractivity contribution is 7.89. The molecule has 0 atom stereocenters. The molecule has 2 aliphatic rings. The highest BCUT2D eigenvalue weighted by Gasteiger charge is 2.28. The van der Waals surface area contributed by atoms with Crippen LogP contribution in [-0.4, -0.2) is 81.1 Å². The third kappa shape index (κ3) is 6.38. The van der Waals surface area contributed by atoms with Crippen LogP contribution >= 0.6 is 0 Å². The summed E-state index contributed by atoms with van der Waals surface area (Å²) >= 11 is 0. The molecule has 2 saturated heterocycles. The number of sulfonamides is 1. The molecule has 1 N–H and O–H groups in total. The van der Waals surface area contributed by atoms with Crippen LogP contribution in [0.3, 0.4) is 0 Å². The van der Waals surface area contributed by atoms with Gasteiger partial charge in [0.05, 0.1) is 19.0 Å². The van der Waals surface area contributed by atoms with Crippen LogP contribution in [0.4, 0.5) is 0 Å². The fourth-order valence-electron chi connectivity index (χ4n) is 3.60. The quantitative estimate of drug-likeness (QED) is 0.637. The van der Waals surface area contributed by atoms with Gasteiger partial charge >= 0.3 is 0 Å². The summed E-state index contributed by atoms with van der Waals surface area (Å²) in [4.78, 5) is 26.5. The Morgan fingerprint density at radius 1 is 1.07 bits per heavy atom. The number of carbonyl (C=O) groups excluding carboxylic acids is 2. The van der Waals surface area contributed by atoms with E-state index in [2.05, 4.69) is 5.32 Å². The van der Waals surface area contributed by atoms with E-state index in [1.807, 2.05) is 30.3 Å². The number of rotatable bonds is 7. The second kappa shape index (κ2) is 10.7. The SMILES string of the molecule is O=C(NCCS(=O)(=O)N1CCOCC1)C1CCN(C(=O)/C=C/c2ccccc2)CC1. The second-order valence-corrected chi connectivity index (χ2v) is 9.55. The summed E-state index contributed by atoms with van der Waals surface area (Å²) in [5.74, 6) is -0.507. The third-order valence-electron chi connectivity index (χ3n) is 5.42. The molecule has 8 nitrogen and oxygen atoms in total. The zero-order valence-electron chi connectivity index (χ0n) is 17.0. The number of ether oxygens (including phenoxy) is 1. The predicted octanol–water partition coefficient (Wildman–Crippen LogP) is 0.717. The van der Waals surface area contributed by atoms with Crippen LogP contribution in [-0.2, 0) is 24.3 Å². The van der Waals surface area contributed by atoms with Crippen LogP contribution in [0.25, 0.3) is 6.08 Å². The predicted molar refractivity (Wildman–Crippen MR) is 114 cm³/mol. The van der Waals surface area contributed by atoms with Gasteiger partial charge in [-0.3, -0.25) is 9.59 Å². The minimum absolute atomic E-state index is 0.0608. The number of hydrogen-bond acceptors (Lipinski definition) is 5. The Bertz CT molecular complexity index is 843. The van der Waals surface area contributed by atoms with Gasteiger partial charge in [-0.05, 0) is 24.5 Å². The van der Waals surface area contributed by atoms with Crippen molar-refractivity contribution in [3.63, 3.8) is 0 Å². The first kappa shape index (κ1) is 22.5. The number of amides is 2. The fourth-order valence-corrected chi connectivity index (χ4v) is 4.92. The van der Waals surface area contributed by atoms with E-state index >= 15 is 0 Å². The van der Waals surface area contributed by atoms with E-state index in [0.717, 1.165) is 5.56 Å². The standard InChI is InChI=1S/C21H29N3O5S/c25-20(7-6-18-4-2-1-3-5-18)23-11-8-19(9-12-23)21(26)22-10-17-30(27,28)24-13-15-29-16-14-24/h1-7,19H,8-17H2,(H,22,26)/b7-6+. The van der Waals surface area contributed by atoms with Gasteiger partial charge in [0.25, 0.3) is 0 Å². The largest absolute Gasteiger partial charge is 0.379 e. The van der Waals surface area contributed by atoms with E-state index in [-0.39, 0.29) is 30.0 Å². The van der Waals surface area contributed by atoms with Crippen LogP contribution in [0.15, 0.2) is 36.4 Å². The first-order valence-electron chi connectivity index (χ1n) is 10.3. The van der Waals surface area contributed by atoms with E-state index in [1.54, 1.807) is 17.1 Å². The van der Waals surface area contributed by atoms with Crippen LogP contribution in [0.1, 0.15) is 18.4 Å². The number of nitrogens with zero attached hydrogens (tertiary/aromatic N) is 2. The molecule has 0 bridgehead atoms. The number of carbonyl (C=O) groups is 2. The molecule has 3 rings (SSSR count). The minimum atomic E-state index is -3.38. The Morgan fingerprint density at radius 2 is 1.73 bits per heavy atom. The molecule has 9 heteroatoms. The van der Waals surface area contributed by atoms with E-state index in [9.17, 15) is 18.0 Å². The van der Waals surface area contributed by atoms with Crippen molar-refractivity contribution in [2.24, 2.45) is 5.92 Å². The third-order valence-corrected chi connectivity index (χ3v) is 7.29. The molecule has 2 aliphatic heterocycles. The van der Waals surface area contributed by atoms with Crippen molar-refractivity contribution in [2.45, 2.75) is 12.8 Å². The van der Waals surface area contributed by atoms with Gasteiger partial charge in [0.15, 0.2) is 0 Å². The smallest absolute Gasteiger partial charge is 0.246 e. The van der Waals surface area contributed by atoms with Gasteiger partial charge in [0.2, 0.25) is 21.8 Å². The maximum absolute atomic E-state index is 12.4. The van der Waals surface area contributed by atoms with E-state index in [0.29, 0.717) is 52.2 Å². The maximum Gasteiger partial charge on any atom is 0.246 e. The fraction of sp³-hybridized carbons (Fsp3) is 0.524. The zero-order chi connectivity index (χ0) is 21.4. The van der Waals surface area contributed by atoms with Crippen molar-refractivity contribution in [3.8, 4) is 0 Å². The Hall–Kier alpha value is -2.23. The Balaban J connectivity index is 1.38. The van der Waals surface area contributed by atoms with E-state index in [1.165, 1.54) is 4.31 Å². The molecule has 0 radical (unpaired) electrons. The number of nitrogens with one attached hydrogen (secondary N) is 1. The lowest BCUT2D eigenvalue weighted by Gasteiger charge is -2.30. The Kier molecular flexibility index (Phi) is 8.01. The highest BCUT2D eigenvalue weighted by Crippen LogP contribution is 2.18. The highest BCUT2D eigenvalue weighted by atomic mass is 32.2. The Morgan fingerprint density at radius 3 is 2.40 bits per heavy atom. The van der Waals surface area contributed by atoms with Crippen molar-refractivity contribution in [3.05, 3.63) is 42.0 Å². The average molecular weight is 436 g/mol. The lowest BCUT2D eigenvalue weighted by molar-refractivity contribution is -0.132. The van der Waals surface area contributed by atoms with Crippen LogP contribution < -0.4 is 5.32 Å². The Labute approximate surface area is 177 Å². The van der Waals surface area contributed by atoms with Gasteiger partial charge in [0, 0.05) is 44.7 Å². The molecule has 0 aliphatic carbocycles. The van der Waals surface area contributed by atoms with E-state index in [4.69, 9.17) is 4.74 Å². The maximum atomic E-state index is 12.4.